The summed E-state index contributed by atoms with van der Waals surface area (Å²) in [5.41, 5.74) is 14.8. The summed E-state index contributed by atoms with van der Waals surface area (Å²) >= 11 is 0. The van der Waals surface area contributed by atoms with Crippen molar-refractivity contribution in [2.75, 3.05) is 12.8 Å². The van der Waals surface area contributed by atoms with Gasteiger partial charge in [0.25, 0.3) is 0 Å². The Morgan fingerprint density at radius 3 is 2.58 bits per heavy atom. The van der Waals surface area contributed by atoms with Crippen LogP contribution in [0.3, 0.4) is 0 Å². The van der Waals surface area contributed by atoms with E-state index in [9.17, 15) is 4.39 Å². The molecule has 9 heteroatoms. The lowest BCUT2D eigenvalue weighted by molar-refractivity contribution is 0.337. The molecular weight excluding hydrogens is 397 g/mol. The molecule has 8 nitrogen and oxygen atoms in total. The van der Waals surface area contributed by atoms with Crippen molar-refractivity contribution >= 4 is 22.5 Å². The van der Waals surface area contributed by atoms with Gasteiger partial charge in [0.2, 0.25) is 5.95 Å². The van der Waals surface area contributed by atoms with Gasteiger partial charge in [-0.05, 0) is 50.3 Å². The zero-order chi connectivity index (χ0) is 21.9. The average Bonchev–Trinajstić information content (AvgIpc) is 3.12. The summed E-state index contributed by atoms with van der Waals surface area (Å²) in [6.07, 6.45) is 3.73. The number of hydrogen-bond acceptors (Lipinski definition) is 7. The molecule has 3 aromatic heterocycles. The van der Waals surface area contributed by atoms with Gasteiger partial charge in [-0.2, -0.15) is 4.52 Å². The highest BCUT2D eigenvalue weighted by Crippen LogP contribution is 2.46. The first-order chi connectivity index (χ1) is 14.7. The van der Waals surface area contributed by atoms with E-state index in [0.717, 1.165) is 18.5 Å². The topological polar surface area (TPSA) is 117 Å². The van der Waals surface area contributed by atoms with Crippen molar-refractivity contribution in [3.05, 3.63) is 53.4 Å². The van der Waals surface area contributed by atoms with E-state index in [2.05, 4.69) is 21.1 Å². The van der Waals surface area contributed by atoms with Crippen LogP contribution in [0.1, 0.15) is 55.6 Å². The molecule has 0 atom stereocenters. The van der Waals surface area contributed by atoms with E-state index < -0.39 is 11.4 Å². The first-order valence-corrected chi connectivity index (χ1v) is 10.2. The van der Waals surface area contributed by atoms with Crippen LogP contribution in [0.5, 0.6) is 5.75 Å². The minimum Gasteiger partial charge on any atom is -0.494 e. The maximum absolute atomic E-state index is 14.1. The highest BCUT2D eigenvalue weighted by Gasteiger charge is 2.35. The molecule has 0 radical (unpaired) electrons. The number of anilines is 1. The van der Waals surface area contributed by atoms with Crippen molar-refractivity contribution in [1.29, 1.82) is 0 Å². The maximum Gasteiger partial charge on any atom is 0.223 e. The predicted octanol–water partition coefficient (Wildman–Crippen LogP) is 3.26. The van der Waals surface area contributed by atoms with Gasteiger partial charge in [-0.1, -0.05) is 6.07 Å². The Hall–Kier alpha value is -3.33. The second-order valence-electron chi connectivity index (χ2n) is 8.74. The van der Waals surface area contributed by atoms with Crippen LogP contribution in [0.25, 0.3) is 16.6 Å². The van der Waals surface area contributed by atoms with Gasteiger partial charge < -0.3 is 16.2 Å². The van der Waals surface area contributed by atoms with Crippen LogP contribution in [-0.2, 0) is 5.54 Å². The van der Waals surface area contributed by atoms with E-state index >= 15 is 0 Å². The molecule has 1 fully saturated rings. The van der Waals surface area contributed by atoms with Gasteiger partial charge in [0.05, 0.1) is 23.7 Å². The third-order valence-corrected chi connectivity index (χ3v) is 5.99. The Kier molecular flexibility index (Phi) is 4.33. The molecule has 0 amide bonds. The fourth-order valence-electron chi connectivity index (χ4n) is 4.14. The Morgan fingerprint density at radius 1 is 1.16 bits per heavy atom. The lowest BCUT2D eigenvalue weighted by Gasteiger charge is -2.33. The highest BCUT2D eigenvalue weighted by atomic mass is 19.1. The Balaban J connectivity index is 1.44. The van der Waals surface area contributed by atoms with Gasteiger partial charge in [0.15, 0.2) is 11.5 Å². The predicted molar refractivity (Wildman–Crippen MR) is 115 cm³/mol. The van der Waals surface area contributed by atoms with Gasteiger partial charge in [0.1, 0.15) is 17.1 Å². The molecule has 0 bridgehead atoms. The molecule has 0 saturated heterocycles. The van der Waals surface area contributed by atoms with Crippen LogP contribution >= 0.6 is 0 Å². The van der Waals surface area contributed by atoms with E-state index in [-0.39, 0.29) is 11.9 Å². The number of benzene rings is 1. The van der Waals surface area contributed by atoms with E-state index in [0.29, 0.717) is 34.0 Å². The fourth-order valence-corrected chi connectivity index (χ4v) is 4.14. The standard InChI is InChI=1S/C22H24FN7O/c1-22(2,25)17-5-4-11(10-26-17)12-6-13(7-12)19-28-20-15-8-14(23)9-16(31-3)18(15)27-21(24)30(20)29-19/h4-5,8-10,12-13H,6-7,25H2,1-3H3,(H2,24,27)/t12-,13-. The zero-order valence-electron chi connectivity index (χ0n) is 17.6. The molecule has 1 saturated carbocycles. The van der Waals surface area contributed by atoms with Gasteiger partial charge >= 0.3 is 0 Å². The minimum absolute atomic E-state index is 0.186. The number of hydrogen-bond donors (Lipinski definition) is 2. The quantitative estimate of drug-likeness (QED) is 0.519. The van der Waals surface area contributed by atoms with Gasteiger partial charge in [-0.15, -0.1) is 5.10 Å². The van der Waals surface area contributed by atoms with Crippen LogP contribution in [-0.4, -0.2) is 31.7 Å². The maximum atomic E-state index is 14.1. The molecule has 1 aromatic carbocycles. The summed E-state index contributed by atoms with van der Waals surface area (Å²) in [4.78, 5) is 13.6. The molecular formula is C22H24FN7O. The van der Waals surface area contributed by atoms with Gasteiger partial charge in [-0.25, -0.2) is 14.4 Å². The number of nitrogens with zero attached hydrogens (tertiary/aromatic N) is 5. The van der Waals surface area contributed by atoms with Crippen molar-refractivity contribution in [1.82, 2.24) is 24.6 Å². The van der Waals surface area contributed by atoms with Crippen LogP contribution in [0.15, 0.2) is 30.5 Å². The number of nitrogens with two attached hydrogens (primary N) is 2. The fraction of sp³-hybridized carbons (Fsp3) is 0.364. The van der Waals surface area contributed by atoms with Gasteiger partial charge in [-0.3, -0.25) is 4.98 Å². The van der Waals surface area contributed by atoms with Crippen LogP contribution in [0.4, 0.5) is 10.3 Å². The summed E-state index contributed by atoms with van der Waals surface area (Å²) in [6, 6.07) is 6.75. The van der Waals surface area contributed by atoms with Crippen LogP contribution < -0.4 is 16.2 Å². The van der Waals surface area contributed by atoms with Crippen molar-refractivity contribution < 1.29 is 9.13 Å². The number of rotatable bonds is 4. The third kappa shape index (κ3) is 3.25. The molecule has 1 aliphatic carbocycles. The second-order valence-corrected chi connectivity index (χ2v) is 8.74. The van der Waals surface area contributed by atoms with E-state index in [4.69, 9.17) is 21.2 Å². The van der Waals surface area contributed by atoms with Gasteiger partial charge in [0, 0.05) is 18.2 Å². The number of fused-ring (bicyclic) bond motifs is 3. The summed E-state index contributed by atoms with van der Waals surface area (Å²) in [5.74, 6) is 1.35. The Labute approximate surface area is 178 Å². The molecule has 31 heavy (non-hydrogen) atoms. The summed E-state index contributed by atoms with van der Waals surface area (Å²) < 4.78 is 20.8. The van der Waals surface area contributed by atoms with Crippen molar-refractivity contribution in [2.24, 2.45) is 5.73 Å². The molecule has 0 spiro atoms. The largest absolute Gasteiger partial charge is 0.494 e. The molecule has 3 heterocycles. The first kappa shape index (κ1) is 19.6. The third-order valence-electron chi connectivity index (χ3n) is 5.99. The molecule has 1 aliphatic rings. The number of aromatic nitrogens is 5. The Bertz CT molecular complexity index is 1290. The second kappa shape index (κ2) is 6.84. The highest BCUT2D eigenvalue weighted by molar-refractivity contribution is 5.95. The minimum atomic E-state index is -0.458. The molecule has 5 rings (SSSR count). The lowest BCUT2D eigenvalue weighted by Crippen LogP contribution is -2.30. The molecule has 4 aromatic rings. The number of halogens is 1. The average molecular weight is 421 g/mol. The van der Waals surface area contributed by atoms with E-state index in [1.807, 2.05) is 26.1 Å². The lowest BCUT2D eigenvalue weighted by atomic mass is 9.71. The van der Waals surface area contributed by atoms with E-state index in [1.165, 1.54) is 29.3 Å². The number of nitrogen functional groups attached to an aromatic ring is 1. The molecule has 0 unspecified atom stereocenters. The molecule has 4 N–H and O–H groups in total. The zero-order valence-corrected chi connectivity index (χ0v) is 17.6. The van der Waals surface area contributed by atoms with Crippen molar-refractivity contribution in [3.63, 3.8) is 0 Å². The monoisotopic (exact) mass is 421 g/mol. The Morgan fingerprint density at radius 2 is 1.94 bits per heavy atom. The van der Waals surface area contributed by atoms with Crippen LogP contribution in [0.2, 0.25) is 0 Å². The van der Waals surface area contributed by atoms with E-state index in [1.54, 1.807) is 0 Å². The first-order valence-electron chi connectivity index (χ1n) is 10.2. The number of ether oxygens (including phenoxy) is 1. The molecule has 0 aliphatic heterocycles. The number of methoxy groups -OCH3 is 1. The normalized spacial score (nSPS) is 19.0. The SMILES string of the molecule is COc1cc(F)cc2c1nc(N)n1nc([C@H]3C[C@H](c4ccc(C(C)(C)N)nc4)C3)nc21. The summed E-state index contributed by atoms with van der Waals surface area (Å²) in [5, 5.41) is 5.09. The van der Waals surface area contributed by atoms with Crippen molar-refractivity contribution in [2.45, 2.75) is 44.1 Å². The van der Waals surface area contributed by atoms with Crippen molar-refractivity contribution in [3.8, 4) is 5.75 Å². The summed E-state index contributed by atoms with van der Waals surface area (Å²) in [7, 11) is 1.47. The number of pyridine rings is 1. The molecule has 160 valence electrons. The van der Waals surface area contributed by atoms with Crippen LogP contribution in [0, 0.1) is 5.82 Å². The summed E-state index contributed by atoms with van der Waals surface area (Å²) in [6.45, 7) is 3.88. The smallest absolute Gasteiger partial charge is 0.223 e.